The van der Waals surface area contributed by atoms with Crippen LogP contribution in [0.1, 0.15) is 23.7 Å². The Balaban J connectivity index is 2.86. The molecule has 1 amide bonds. The molecule has 0 fully saturated rings. The normalized spacial score (nSPS) is 13.1. The Morgan fingerprint density at radius 2 is 1.90 bits per heavy atom. The lowest BCUT2D eigenvalue weighted by Crippen LogP contribution is -2.41. The minimum Gasteiger partial charge on any atom is -0.480 e. The second-order valence-electron chi connectivity index (χ2n) is 4.29. The summed E-state index contributed by atoms with van der Waals surface area (Å²) in [6.45, 7) is 1.61. The van der Waals surface area contributed by atoms with Crippen LogP contribution in [0.3, 0.4) is 0 Å². The molecule has 0 unspecified atom stereocenters. The van der Waals surface area contributed by atoms with Crippen molar-refractivity contribution in [1.82, 2.24) is 5.32 Å². The van der Waals surface area contributed by atoms with Gasteiger partial charge in [0.05, 0.1) is 6.07 Å². The average molecular weight is 404 g/mol. The molecule has 0 aliphatic heterocycles. The molecule has 0 heterocycles. The van der Waals surface area contributed by atoms with Gasteiger partial charge in [0.15, 0.2) is 0 Å². The molecule has 20 heavy (non-hydrogen) atoms. The highest BCUT2D eigenvalue weighted by Crippen LogP contribution is 2.20. The fraction of sp³-hybridized carbons (Fsp3) is 0.308. The number of hydrogen-bond donors (Lipinski definition) is 2. The molecule has 1 rings (SSSR count). The Morgan fingerprint density at radius 1 is 1.35 bits per heavy atom. The van der Waals surface area contributed by atoms with E-state index in [1.165, 1.54) is 0 Å². The van der Waals surface area contributed by atoms with Gasteiger partial charge in [-0.1, -0.05) is 31.9 Å². The van der Waals surface area contributed by atoms with Crippen LogP contribution in [0.15, 0.2) is 27.1 Å². The number of nitrogens with zero attached hydrogens (tertiary/aromatic N) is 1. The summed E-state index contributed by atoms with van der Waals surface area (Å²) in [6, 6.07) is 5.81. The zero-order valence-electron chi connectivity index (χ0n) is 10.6. The molecule has 2 N–H and O–H groups in total. The first-order chi connectivity index (χ1) is 9.33. The second kappa shape index (κ2) is 7.41. The van der Waals surface area contributed by atoms with E-state index in [9.17, 15) is 9.59 Å². The van der Waals surface area contributed by atoms with Crippen LogP contribution in [0, 0.1) is 17.2 Å². The Bertz CT molecular complexity index is 549. The highest BCUT2D eigenvalue weighted by atomic mass is 79.9. The predicted octanol–water partition coefficient (Wildman–Crippen LogP) is 2.94. The van der Waals surface area contributed by atoms with Gasteiger partial charge < -0.3 is 10.4 Å². The Hall–Kier alpha value is -1.39. The van der Waals surface area contributed by atoms with E-state index in [1.54, 1.807) is 25.1 Å². The van der Waals surface area contributed by atoms with E-state index in [1.807, 2.05) is 6.07 Å². The SMILES string of the molecule is C[C@H](C#N)C[C@@H](NC(=O)c1cc(Br)cc(Br)c1)C(=O)O. The number of carbonyl (C=O) groups is 2. The number of benzene rings is 1. The van der Waals surface area contributed by atoms with Crippen molar-refractivity contribution in [3.8, 4) is 6.07 Å². The molecular formula is C13H12Br2N2O3. The Morgan fingerprint density at radius 3 is 2.35 bits per heavy atom. The zero-order chi connectivity index (χ0) is 15.3. The van der Waals surface area contributed by atoms with Crippen molar-refractivity contribution < 1.29 is 14.7 Å². The lowest BCUT2D eigenvalue weighted by Gasteiger charge is -2.15. The number of halogens is 2. The maximum atomic E-state index is 12.0. The lowest BCUT2D eigenvalue weighted by molar-refractivity contribution is -0.139. The summed E-state index contributed by atoms with van der Waals surface area (Å²) >= 11 is 6.52. The van der Waals surface area contributed by atoms with Gasteiger partial charge in [-0.2, -0.15) is 5.26 Å². The van der Waals surface area contributed by atoms with Crippen molar-refractivity contribution in [3.63, 3.8) is 0 Å². The third-order valence-electron chi connectivity index (χ3n) is 2.54. The molecule has 106 valence electrons. The highest BCUT2D eigenvalue weighted by molar-refractivity contribution is 9.11. The molecule has 0 aliphatic rings. The van der Waals surface area contributed by atoms with Crippen molar-refractivity contribution >= 4 is 43.7 Å². The van der Waals surface area contributed by atoms with Crippen LogP contribution in [-0.2, 0) is 4.79 Å². The first-order valence-electron chi connectivity index (χ1n) is 5.73. The van der Waals surface area contributed by atoms with Crippen LogP contribution in [0.25, 0.3) is 0 Å². The molecule has 7 heteroatoms. The van der Waals surface area contributed by atoms with Crippen molar-refractivity contribution in [2.75, 3.05) is 0 Å². The van der Waals surface area contributed by atoms with Crippen LogP contribution in [0.2, 0.25) is 0 Å². The molecule has 1 aromatic carbocycles. The summed E-state index contributed by atoms with van der Waals surface area (Å²) in [5.74, 6) is -2.11. The molecule has 0 saturated heterocycles. The molecule has 0 radical (unpaired) electrons. The number of nitrogens with one attached hydrogen (secondary N) is 1. The van der Waals surface area contributed by atoms with Crippen molar-refractivity contribution in [2.24, 2.45) is 5.92 Å². The number of carboxylic acid groups (broad SMARTS) is 1. The van der Waals surface area contributed by atoms with E-state index in [2.05, 4.69) is 37.2 Å². The van der Waals surface area contributed by atoms with Gasteiger partial charge >= 0.3 is 5.97 Å². The molecular weight excluding hydrogens is 392 g/mol. The molecule has 0 saturated carbocycles. The quantitative estimate of drug-likeness (QED) is 0.790. The van der Waals surface area contributed by atoms with Gasteiger partial charge in [-0.25, -0.2) is 4.79 Å². The molecule has 5 nitrogen and oxygen atoms in total. The largest absolute Gasteiger partial charge is 0.480 e. The van der Waals surface area contributed by atoms with E-state index in [4.69, 9.17) is 10.4 Å². The van der Waals surface area contributed by atoms with Crippen molar-refractivity contribution in [1.29, 1.82) is 5.26 Å². The van der Waals surface area contributed by atoms with Gasteiger partial charge in [0.2, 0.25) is 0 Å². The summed E-state index contributed by atoms with van der Waals surface area (Å²) in [6.07, 6.45) is 0.0622. The number of carboxylic acids is 1. The van der Waals surface area contributed by atoms with E-state index < -0.39 is 23.8 Å². The molecule has 0 aliphatic carbocycles. The van der Waals surface area contributed by atoms with Gasteiger partial charge in [0.25, 0.3) is 5.91 Å². The van der Waals surface area contributed by atoms with E-state index in [0.29, 0.717) is 14.5 Å². The average Bonchev–Trinajstić information content (AvgIpc) is 2.36. The van der Waals surface area contributed by atoms with Gasteiger partial charge in [-0.15, -0.1) is 0 Å². The van der Waals surface area contributed by atoms with Gasteiger partial charge in [-0.3, -0.25) is 4.79 Å². The van der Waals surface area contributed by atoms with Gasteiger partial charge in [0.1, 0.15) is 6.04 Å². The van der Waals surface area contributed by atoms with Gasteiger partial charge in [0, 0.05) is 20.4 Å². The second-order valence-corrected chi connectivity index (χ2v) is 6.12. The van der Waals surface area contributed by atoms with Crippen LogP contribution in [-0.4, -0.2) is 23.0 Å². The summed E-state index contributed by atoms with van der Waals surface area (Å²) in [5.41, 5.74) is 0.335. The molecule has 0 bridgehead atoms. The van der Waals surface area contributed by atoms with E-state index in [-0.39, 0.29) is 6.42 Å². The Labute approximate surface area is 133 Å². The summed E-state index contributed by atoms with van der Waals surface area (Å²) in [7, 11) is 0. The number of carbonyl (C=O) groups excluding carboxylic acids is 1. The molecule has 0 aromatic heterocycles. The third-order valence-corrected chi connectivity index (χ3v) is 3.45. The van der Waals surface area contributed by atoms with Crippen molar-refractivity contribution in [3.05, 3.63) is 32.7 Å². The Kier molecular flexibility index (Phi) is 6.17. The minimum atomic E-state index is -1.16. The van der Waals surface area contributed by atoms with Crippen LogP contribution >= 0.6 is 31.9 Å². The van der Waals surface area contributed by atoms with E-state index >= 15 is 0 Å². The van der Waals surface area contributed by atoms with Crippen LogP contribution < -0.4 is 5.32 Å². The fourth-order valence-corrected chi connectivity index (χ4v) is 2.85. The van der Waals surface area contributed by atoms with Crippen molar-refractivity contribution in [2.45, 2.75) is 19.4 Å². The highest BCUT2D eigenvalue weighted by Gasteiger charge is 2.23. The fourth-order valence-electron chi connectivity index (χ4n) is 1.55. The summed E-state index contributed by atoms with van der Waals surface area (Å²) in [5, 5.41) is 20.2. The van der Waals surface area contributed by atoms with Gasteiger partial charge in [-0.05, 0) is 31.5 Å². The lowest BCUT2D eigenvalue weighted by atomic mass is 10.0. The van der Waals surface area contributed by atoms with E-state index in [0.717, 1.165) is 0 Å². The first-order valence-corrected chi connectivity index (χ1v) is 7.31. The minimum absolute atomic E-state index is 0.0622. The topological polar surface area (TPSA) is 90.2 Å². The standard InChI is InChI=1S/C13H12Br2N2O3/c1-7(6-16)2-11(13(19)20)17-12(18)8-3-9(14)5-10(15)4-8/h3-5,7,11H,2H2,1H3,(H,17,18)(H,19,20)/t7-,11+/m0/s1. The smallest absolute Gasteiger partial charge is 0.326 e. The van der Waals surface area contributed by atoms with Crippen LogP contribution in [0.5, 0.6) is 0 Å². The first kappa shape index (κ1) is 16.7. The third kappa shape index (κ3) is 4.94. The number of rotatable bonds is 5. The number of amides is 1. The molecule has 1 aromatic rings. The number of nitriles is 1. The summed E-state index contributed by atoms with van der Waals surface area (Å²) < 4.78 is 1.41. The van der Waals surface area contributed by atoms with Crippen LogP contribution in [0.4, 0.5) is 0 Å². The zero-order valence-corrected chi connectivity index (χ0v) is 13.7. The number of hydrogen-bond acceptors (Lipinski definition) is 3. The molecule has 0 spiro atoms. The monoisotopic (exact) mass is 402 g/mol. The maximum Gasteiger partial charge on any atom is 0.326 e. The summed E-state index contributed by atoms with van der Waals surface area (Å²) in [4.78, 5) is 23.1. The number of aliphatic carboxylic acids is 1. The predicted molar refractivity (Wildman–Crippen MR) is 80.1 cm³/mol. The molecule has 2 atom stereocenters. The maximum absolute atomic E-state index is 12.0.